The number of carbonyl (C=O) groups excluding carboxylic acids is 2. The summed E-state index contributed by atoms with van der Waals surface area (Å²) in [5.41, 5.74) is -0.135. The van der Waals surface area contributed by atoms with Crippen LogP contribution in [0.3, 0.4) is 0 Å². The van der Waals surface area contributed by atoms with Crippen LogP contribution in [0.5, 0.6) is 0 Å². The van der Waals surface area contributed by atoms with Crippen molar-refractivity contribution >= 4 is 12.0 Å². The fourth-order valence-corrected chi connectivity index (χ4v) is 4.28. The van der Waals surface area contributed by atoms with Gasteiger partial charge in [-0.3, -0.25) is 4.79 Å². The molecule has 0 aromatic carbocycles. The molecule has 3 atom stereocenters. The van der Waals surface area contributed by atoms with Crippen molar-refractivity contribution in [3.63, 3.8) is 0 Å². The van der Waals surface area contributed by atoms with E-state index in [2.05, 4.69) is 26.1 Å². The quantitative estimate of drug-likeness (QED) is 0.867. The van der Waals surface area contributed by atoms with Crippen LogP contribution in [-0.2, 0) is 9.53 Å². The van der Waals surface area contributed by atoms with Gasteiger partial charge in [0.25, 0.3) is 0 Å². The molecule has 5 heteroatoms. The number of likely N-dealkylation sites (N-methyl/N-ethyl adjacent to an activating group) is 1. The lowest BCUT2D eigenvalue weighted by molar-refractivity contribution is -0.123. The predicted octanol–water partition coefficient (Wildman–Crippen LogP) is 3.18. The number of fused-ring (bicyclic) bond motifs is 2. The maximum Gasteiger partial charge on any atom is 0.410 e. The van der Waals surface area contributed by atoms with Crippen LogP contribution in [0.1, 0.15) is 60.8 Å². The van der Waals surface area contributed by atoms with Gasteiger partial charge < -0.3 is 15.0 Å². The molecule has 0 unspecified atom stereocenters. The Labute approximate surface area is 140 Å². The molecule has 2 bridgehead atoms. The number of hydrogen-bond donors (Lipinski definition) is 1. The highest BCUT2D eigenvalue weighted by Gasteiger charge is 2.61. The molecule has 1 N–H and O–H groups in total. The second-order valence-corrected chi connectivity index (χ2v) is 9.07. The molecule has 0 aliphatic heterocycles. The molecule has 0 aromatic rings. The Balaban J connectivity index is 1.90. The summed E-state index contributed by atoms with van der Waals surface area (Å²) in [7, 11) is 1.60. The SMILES string of the molecule is CN(CC(=O)N[C@H]1C[C@H]2CC[C@@]1(C)C2(C)C)C(=O)OC(C)(C)C. The van der Waals surface area contributed by atoms with Crippen molar-refractivity contribution in [2.45, 2.75) is 72.4 Å². The fourth-order valence-electron chi connectivity index (χ4n) is 4.28. The Morgan fingerprint density at radius 2 is 1.87 bits per heavy atom. The highest BCUT2D eigenvalue weighted by Crippen LogP contribution is 2.65. The first kappa shape index (κ1) is 18.1. The molecule has 2 fully saturated rings. The van der Waals surface area contributed by atoms with Crippen LogP contribution in [0.2, 0.25) is 0 Å². The molecule has 5 nitrogen and oxygen atoms in total. The van der Waals surface area contributed by atoms with E-state index in [1.807, 2.05) is 20.8 Å². The van der Waals surface area contributed by atoms with Gasteiger partial charge in [0.05, 0.1) is 0 Å². The normalized spacial score (nSPS) is 31.8. The molecule has 2 amide bonds. The first-order valence-electron chi connectivity index (χ1n) is 8.60. The second kappa shape index (κ2) is 5.67. The minimum absolute atomic E-state index is 0.0343. The Morgan fingerprint density at radius 1 is 1.26 bits per heavy atom. The van der Waals surface area contributed by atoms with Crippen LogP contribution in [-0.4, -0.2) is 42.1 Å². The largest absolute Gasteiger partial charge is 0.444 e. The smallest absolute Gasteiger partial charge is 0.410 e. The number of nitrogens with zero attached hydrogens (tertiary/aromatic N) is 1. The Hall–Kier alpha value is -1.26. The summed E-state index contributed by atoms with van der Waals surface area (Å²) in [4.78, 5) is 25.6. The minimum atomic E-state index is -0.552. The zero-order valence-electron chi connectivity index (χ0n) is 15.7. The van der Waals surface area contributed by atoms with Gasteiger partial charge in [-0.05, 0) is 56.8 Å². The average Bonchev–Trinajstić information content (AvgIpc) is 2.69. The van der Waals surface area contributed by atoms with Gasteiger partial charge in [-0.15, -0.1) is 0 Å². The van der Waals surface area contributed by atoms with E-state index in [-0.39, 0.29) is 29.3 Å². The lowest BCUT2D eigenvalue weighted by Crippen LogP contribution is -2.50. The Morgan fingerprint density at radius 3 is 2.30 bits per heavy atom. The number of carbonyl (C=O) groups is 2. The van der Waals surface area contributed by atoms with Gasteiger partial charge in [-0.2, -0.15) is 0 Å². The van der Waals surface area contributed by atoms with E-state index < -0.39 is 11.7 Å². The molecule has 0 heterocycles. The number of ether oxygens (including phenoxy) is 1. The van der Waals surface area contributed by atoms with E-state index in [1.165, 1.54) is 11.3 Å². The van der Waals surface area contributed by atoms with Gasteiger partial charge in [-0.1, -0.05) is 20.8 Å². The zero-order valence-corrected chi connectivity index (χ0v) is 15.7. The summed E-state index contributed by atoms with van der Waals surface area (Å²) in [5, 5.41) is 3.17. The molecular weight excluding hydrogens is 292 g/mol. The molecule has 132 valence electrons. The van der Waals surface area contributed by atoms with Crippen LogP contribution >= 0.6 is 0 Å². The summed E-state index contributed by atoms with van der Waals surface area (Å²) < 4.78 is 5.28. The minimum Gasteiger partial charge on any atom is -0.444 e. The zero-order chi connectivity index (χ0) is 17.6. The average molecular weight is 324 g/mol. The van der Waals surface area contributed by atoms with E-state index in [4.69, 9.17) is 4.74 Å². The van der Waals surface area contributed by atoms with Crippen molar-refractivity contribution in [3.8, 4) is 0 Å². The molecule has 2 aliphatic rings. The monoisotopic (exact) mass is 324 g/mol. The molecule has 0 saturated heterocycles. The third-order valence-electron chi connectivity index (χ3n) is 6.22. The van der Waals surface area contributed by atoms with Crippen LogP contribution in [0.15, 0.2) is 0 Å². The predicted molar refractivity (Wildman–Crippen MR) is 90.0 cm³/mol. The van der Waals surface area contributed by atoms with Crippen molar-refractivity contribution in [2.24, 2.45) is 16.7 Å². The molecule has 0 radical (unpaired) electrons. The van der Waals surface area contributed by atoms with Crippen LogP contribution in [0.4, 0.5) is 4.79 Å². The molecule has 0 spiro atoms. The fraction of sp³-hybridized carbons (Fsp3) is 0.889. The second-order valence-electron chi connectivity index (χ2n) is 9.07. The number of nitrogens with one attached hydrogen (secondary N) is 1. The highest BCUT2D eigenvalue weighted by atomic mass is 16.6. The van der Waals surface area contributed by atoms with Crippen molar-refractivity contribution in [1.82, 2.24) is 10.2 Å². The molecule has 0 aromatic heterocycles. The van der Waals surface area contributed by atoms with E-state index in [0.717, 1.165) is 12.8 Å². The molecule has 2 rings (SSSR count). The van der Waals surface area contributed by atoms with Gasteiger partial charge in [0.15, 0.2) is 0 Å². The van der Waals surface area contributed by atoms with Crippen molar-refractivity contribution in [3.05, 3.63) is 0 Å². The number of hydrogen-bond acceptors (Lipinski definition) is 3. The summed E-state index contributed by atoms with van der Waals surface area (Å²) in [6.45, 7) is 12.4. The third kappa shape index (κ3) is 3.33. The lowest BCUT2D eigenvalue weighted by Gasteiger charge is -2.39. The first-order valence-corrected chi connectivity index (χ1v) is 8.60. The summed E-state index contributed by atoms with van der Waals surface area (Å²) in [6.07, 6.45) is 3.00. The Bertz CT molecular complexity index is 495. The van der Waals surface area contributed by atoms with E-state index in [0.29, 0.717) is 5.92 Å². The number of rotatable bonds is 3. The third-order valence-corrected chi connectivity index (χ3v) is 6.22. The van der Waals surface area contributed by atoms with Crippen LogP contribution in [0.25, 0.3) is 0 Å². The van der Waals surface area contributed by atoms with E-state index in [9.17, 15) is 9.59 Å². The molecule has 2 saturated carbocycles. The Kier molecular flexibility index (Phi) is 4.46. The van der Waals surface area contributed by atoms with Gasteiger partial charge in [0.2, 0.25) is 5.91 Å². The summed E-state index contributed by atoms with van der Waals surface area (Å²) in [6, 6.07) is 0.204. The van der Waals surface area contributed by atoms with Crippen molar-refractivity contribution in [1.29, 1.82) is 0 Å². The summed E-state index contributed by atoms with van der Waals surface area (Å²) in [5.74, 6) is 0.578. The molecule has 2 aliphatic carbocycles. The topological polar surface area (TPSA) is 58.6 Å². The van der Waals surface area contributed by atoms with Gasteiger partial charge in [0, 0.05) is 13.1 Å². The van der Waals surface area contributed by atoms with Gasteiger partial charge >= 0.3 is 6.09 Å². The van der Waals surface area contributed by atoms with Crippen molar-refractivity contribution in [2.75, 3.05) is 13.6 Å². The maximum absolute atomic E-state index is 12.3. The highest BCUT2D eigenvalue weighted by molar-refractivity contribution is 5.82. The summed E-state index contributed by atoms with van der Waals surface area (Å²) >= 11 is 0. The van der Waals surface area contributed by atoms with Gasteiger partial charge in [0.1, 0.15) is 12.1 Å². The van der Waals surface area contributed by atoms with Gasteiger partial charge in [-0.25, -0.2) is 4.79 Å². The van der Waals surface area contributed by atoms with Crippen LogP contribution < -0.4 is 5.32 Å². The molecular formula is C18H32N2O3. The van der Waals surface area contributed by atoms with E-state index >= 15 is 0 Å². The van der Waals surface area contributed by atoms with E-state index in [1.54, 1.807) is 7.05 Å². The van der Waals surface area contributed by atoms with Crippen LogP contribution in [0, 0.1) is 16.7 Å². The maximum atomic E-state index is 12.3. The van der Waals surface area contributed by atoms with Crippen molar-refractivity contribution < 1.29 is 14.3 Å². The number of amides is 2. The first-order chi connectivity index (χ1) is 10.4. The molecule has 23 heavy (non-hydrogen) atoms. The lowest BCUT2D eigenvalue weighted by atomic mass is 9.69. The standard InChI is InChI=1S/C18H32N2O3/c1-16(2,3)23-15(22)20(7)11-14(21)19-13-10-12-8-9-18(13,6)17(12,4)5/h12-13H,8-11H2,1-7H3,(H,19,21)/t12-,13+,18-/m1/s1.